The number of thioether (sulfide) groups is 1. The predicted octanol–water partition coefficient (Wildman–Crippen LogP) is 3.07. The molecule has 1 nitrogen and oxygen atoms in total. The molecular weight excluding hydrogens is 180 g/mol. The van der Waals surface area contributed by atoms with Crippen molar-refractivity contribution in [3.05, 3.63) is 11.5 Å². The third-order valence-corrected chi connectivity index (χ3v) is 2.43. The largest absolute Gasteiger partial charge is 0.366 e. The van der Waals surface area contributed by atoms with E-state index in [0.717, 1.165) is 5.75 Å². The molecule has 13 heavy (non-hydrogen) atoms. The minimum atomic E-state index is -0.334. The zero-order chi connectivity index (χ0) is 10.2. The predicted molar refractivity (Wildman–Crippen MR) is 60.8 cm³/mol. The summed E-state index contributed by atoms with van der Waals surface area (Å²) in [5.41, 5.74) is -0.334. The lowest BCUT2D eigenvalue weighted by molar-refractivity contribution is 0.0742. The summed E-state index contributed by atoms with van der Waals surface area (Å²) in [4.78, 5) is 0. The van der Waals surface area contributed by atoms with Gasteiger partial charge in [0.15, 0.2) is 0 Å². The Morgan fingerprint density at radius 3 is 2.69 bits per heavy atom. The van der Waals surface area contributed by atoms with E-state index < -0.39 is 0 Å². The maximum atomic E-state index is 5.15. The van der Waals surface area contributed by atoms with E-state index in [1.807, 2.05) is 25.3 Å². The van der Waals surface area contributed by atoms with Gasteiger partial charge >= 0.3 is 0 Å². The van der Waals surface area contributed by atoms with E-state index in [1.165, 1.54) is 6.42 Å². The topological polar surface area (TPSA) is 9.23 Å². The van der Waals surface area contributed by atoms with Gasteiger partial charge in [0.2, 0.25) is 0 Å². The second-order valence-electron chi connectivity index (χ2n) is 3.16. The van der Waals surface area contributed by atoms with Crippen LogP contribution in [0.15, 0.2) is 11.5 Å². The molecule has 0 aliphatic carbocycles. The number of rotatable bonds is 4. The molecule has 0 aromatic carbocycles. The van der Waals surface area contributed by atoms with Crippen molar-refractivity contribution in [3.8, 4) is 11.8 Å². The van der Waals surface area contributed by atoms with Gasteiger partial charge < -0.3 is 4.74 Å². The van der Waals surface area contributed by atoms with Crippen LogP contribution in [0.3, 0.4) is 0 Å². The van der Waals surface area contributed by atoms with Crippen LogP contribution in [0.25, 0.3) is 0 Å². The molecule has 0 fully saturated rings. The van der Waals surface area contributed by atoms with Crippen molar-refractivity contribution in [2.24, 2.45) is 0 Å². The minimum absolute atomic E-state index is 0.334. The van der Waals surface area contributed by atoms with Crippen LogP contribution in [0.1, 0.15) is 27.2 Å². The van der Waals surface area contributed by atoms with Gasteiger partial charge in [-0.2, -0.15) is 0 Å². The Hall–Kier alpha value is -0.390. The molecule has 0 atom stereocenters. The van der Waals surface area contributed by atoms with Crippen molar-refractivity contribution in [2.45, 2.75) is 32.8 Å². The molecule has 0 aliphatic rings. The van der Waals surface area contributed by atoms with Crippen LogP contribution < -0.4 is 0 Å². The maximum Gasteiger partial charge on any atom is 0.123 e. The zero-order valence-corrected chi connectivity index (χ0v) is 9.70. The quantitative estimate of drug-likeness (QED) is 0.507. The minimum Gasteiger partial charge on any atom is -0.366 e. The van der Waals surface area contributed by atoms with Gasteiger partial charge in [-0.3, -0.25) is 0 Å². The van der Waals surface area contributed by atoms with E-state index >= 15 is 0 Å². The fourth-order valence-corrected chi connectivity index (χ4v) is 1.07. The smallest absolute Gasteiger partial charge is 0.123 e. The molecule has 0 bridgehead atoms. The third kappa shape index (κ3) is 7.95. The number of allylic oxidation sites excluding steroid dienone is 1. The summed E-state index contributed by atoms with van der Waals surface area (Å²) in [7, 11) is 1.67. The van der Waals surface area contributed by atoms with Crippen LogP contribution in [-0.2, 0) is 4.74 Å². The zero-order valence-electron chi connectivity index (χ0n) is 8.89. The summed E-state index contributed by atoms with van der Waals surface area (Å²) in [5.74, 6) is 7.13. The summed E-state index contributed by atoms with van der Waals surface area (Å²) in [6.07, 6.45) is 3.08. The number of methoxy groups -OCH3 is 1. The van der Waals surface area contributed by atoms with Crippen molar-refractivity contribution >= 4 is 11.8 Å². The molecule has 0 heterocycles. The van der Waals surface area contributed by atoms with Crippen LogP contribution in [0, 0.1) is 11.8 Å². The van der Waals surface area contributed by atoms with Crippen LogP contribution in [0.4, 0.5) is 0 Å². The molecule has 0 aromatic heterocycles. The van der Waals surface area contributed by atoms with Gasteiger partial charge in [-0.25, -0.2) is 0 Å². The van der Waals surface area contributed by atoms with Gasteiger partial charge in [-0.05, 0) is 37.5 Å². The third-order valence-electron chi connectivity index (χ3n) is 1.45. The summed E-state index contributed by atoms with van der Waals surface area (Å²) in [6, 6.07) is 0. The number of ether oxygens (including phenoxy) is 1. The van der Waals surface area contributed by atoms with Crippen LogP contribution >= 0.6 is 11.8 Å². The highest BCUT2D eigenvalue weighted by molar-refractivity contribution is 8.02. The molecule has 0 N–H and O–H groups in total. The van der Waals surface area contributed by atoms with E-state index in [1.54, 1.807) is 18.9 Å². The van der Waals surface area contributed by atoms with Gasteiger partial charge in [0.25, 0.3) is 0 Å². The average molecular weight is 198 g/mol. The fourth-order valence-electron chi connectivity index (χ4n) is 0.535. The molecule has 0 radical (unpaired) electrons. The number of hydrogen-bond acceptors (Lipinski definition) is 2. The van der Waals surface area contributed by atoms with Gasteiger partial charge in [0, 0.05) is 7.11 Å². The maximum absolute atomic E-state index is 5.15. The Kier molecular flexibility index (Phi) is 6.84. The first-order chi connectivity index (χ1) is 6.12. The van der Waals surface area contributed by atoms with E-state index in [9.17, 15) is 0 Å². The first kappa shape index (κ1) is 12.6. The Balaban J connectivity index is 3.78. The lowest BCUT2D eigenvalue weighted by Crippen LogP contribution is -2.18. The molecule has 0 spiro atoms. The Morgan fingerprint density at radius 2 is 2.15 bits per heavy atom. The summed E-state index contributed by atoms with van der Waals surface area (Å²) < 4.78 is 5.15. The lowest BCUT2D eigenvalue weighted by Gasteiger charge is -2.13. The van der Waals surface area contributed by atoms with Gasteiger partial charge in [-0.1, -0.05) is 18.8 Å². The highest BCUT2D eigenvalue weighted by Gasteiger charge is 2.09. The van der Waals surface area contributed by atoms with Crippen LogP contribution in [-0.4, -0.2) is 18.5 Å². The highest BCUT2D eigenvalue weighted by atomic mass is 32.2. The van der Waals surface area contributed by atoms with E-state index in [0.29, 0.717) is 0 Å². The van der Waals surface area contributed by atoms with Gasteiger partial charge in [0.1, 0.15) is 5.60 Å². The second-order valence-corrected chi connectivity index (χ2v) is 4.17. The van der Waals surface area contributed by atoms with Crippen LogP contribution in [0.2, 0.25) is 0 Å². The molecule has 0 saturated heterocycles. The molecule has 0 saturated carbocycles. The molecule has 0 rings (SSSR count). The molecule has 0 amide bonds. The van der Waals surface area contributed by atoms with E-state index in [2.05, 4.69) is 18.8 Å². The molecule has 0 aromatic rings. The first-order valence-electron chi connectivity index (χ1n) is 4.47. The summed E-state index contributed by atoms with van der Waals surface area (Å²) in [5, 5.41) is 2.03. The first-order valence-corrected chi connectivity index (χ1v) is 5.51. The van der Waals surface area contributed by atoms with Crippen molar-refractivity contribution in [1.82, 2.24) is 0 Å². The molecular formula is C11H18OS. The van der Waals surface area contributed by atoms with Crippen molar-refractivity contribution in [3.63, 3.8) is 0 Å². The second kappa shape index (κ2) is 7.06. The summed E-state index contributed by atoms with van der Waals surface area (Å²) >= 11 is 1.79. The van der Waals surface area contributed by atoms with Crippen molar-refractivity contribution < 1.29 is 4.74 Å². The lowest BCUT2D eigenvalue weighted by atomic mass is 10.1. The molecule has 0 aliphatic heterocycles. The van der Waals surface area contributed by atoms with Gasteiger partial charge in [0.05, 0.1) is 0 Å². The monoisotopic (exact) mass is 198 g/mol. The fraction of sp³-hybridized carbons (Fsp3) is 0.636. The number of hydrogen-bond donors (Lipinski definition) is 0. The normalized spacial score (nSPS) is 11.4. The molecule has 2 heteroatoms. The average Bonchev–Trinajstić information content (AvgIpc) is 2.11. The van der Waals surface area contributed by atoms with Crippen molar-refractivity contribution in [2.75, 3.05) is 12.9 Å². The Bertz CT molecular complexity index is 208. The SMILES string of the molecule is CCCS/C=C/C#CC(C)(C)OC. The van der Waals surface area contributed by atoms with E-state index in [-0.39, 0.29) is 5.60 Å². The standard InChI is InChI=1S/C11H18OS/c1-5-9-13-10-7-6-8-11(2,3)12-4/h7,10H,5,9H2,1-4H3/b10-7+. The highest BCUT2D eigenvalue weighted by Crippen LogP contribution is 2.05. The Morgan fingerprint density at radius 1 is 1.46 bits per heavy atom. The Labute approximate surface area is 85.9 Å². The summed E-state index contributed by atoms with van der Waals surface area (Å²) in [6.45, 7) is 6.07. The van der Waals surface area contributed by atoms with Crippen molar-refractivity contribution in [1.29, 1.82) is 0 Å². The molecule has 74 valence electrons. The van der Waals surface area contributed by atoms with E-state index in [4.69, 9.17) is 4.74 Å². The van der Waals surface area contributed by atoms with Crippen LogP contribution in [0.5, 0.6) is 0 Å². The van der Waals surface area contributed by atoms with Gasteiger partial charge in [-0.15, -0.1) is 11.8 Å². The molecule has 0 unspecified atom stereocenters.